The van der Waals surface area contributed by atoms with E-state index in [2.05, 4.69) is 99.9 Å². The van der Waals surface area contributed by atoms with Crippen LogP contribution >= 0.6 is 0 Å². The van der Waals surface area contributed by atoms with Gasteiger partial charge < -0.3 is 35.5 Å². The van der Waals surface area contributed by atoms with Crippen LogP contribution < -0.4 is 38.6 Å². The number of anilines is 3. The molecule has 140 heavy (non-hydrogen) atoms. The summed E-state index contributed by atoms with van der Waals surface area (Å²) >= 11 is 0. The van der Waals surface area contributed by atoms with Gasteiger partial charge in [0.15, 0.2) is 0 Å². The fourth-order valence-corrected chi connectivity index (χ4v) is 18.9. The first-order valence-corrected chi connectivity index (χ1v) is 46.1. The number of H-pyrrole nitrogens is 2. The highest BCUT2D eigenvalue weighted by atomic mass is 19.4. The molecule has 2 saturated carbocycles. The van der Waals surface area contributed by atoms with Gasteiger partial charge in [0.2, 0.25) is 5.95 Å². The number of hydrogen-bond acceptors (Lipinski definition) is 19. The number of nitrogen functional groups attached to an aromatic ring is 1. The molecule has 14 aromatic heterocycles. The Kier molecular flexibility index (Phi) is 24.8. The molecule has 4 atom stereocenters. The first-order chi connectivity index (χ1) is 67.3. The van der Waals surface area contributed by atoms with Crippen LogP contribution in [0.3, 0.4) is 0 Å². The van der Waals surface area contributed by atoms with E-state index in [0.29, 0.717) is 32.9 Å². The zero-order chi connectivity index (χ0) is 98.0. The molecule has 0 spiro atoms. The summed E-state index contributed by atoms with van der Waals surface area (Å²) in [6.45, 7) is 14.3. The minimum Gasteiger partial charge on any atom is -0.368 e. The van der Waals surface area contributed by atoms with Crippen molar-refractivity contribution in [3.63, 3.8) is 0 Å². The van der Waals surface area contributed by atoms with E-state index in [1.54, 1.807) is 66.8 Å². The number of pyridine rings is 4. The summed E-state index contributed by atoms with van der Waals surface area (Å²) < 4.78 is 83.7. The van der Waals surface area contributed by atoms with Gasteiger partial charge >= 0.3 is 6.18 Å². The first-order valence-electron chi connectivity index (χ1n) is 46.1. The zero-order valence-electron chi connectivity index (χ0n) is 78.8. The number of benzene rings is 6. The molecule has 20 aromatic rings. The van der Waals surface area contributed by atoms with Crippen molar-refractivity contribution in [1.29, 1.82) is 0 Å². The Hall–Kier alpha value is -16.6. The van der Waals surface area contributed by atoms with E-state index >= 15 is 0 Å². The number of fused-ring (bicyclic) bond motifs is 6. The lowest BCUT2D eigenvalue weighted by Gasteiger charge is -2.22. The number of halogens is 5. The second-order valence-corrected chi connectivity index (χ2v) is 36.3. The fourth-order valence-electron chi connectivity index (χ4n) is 18.9. The van der Waals surface area contributed by atoms with Crippen molar-refractivity contribution in [3.8, 4) is 55.9 Å². The topological polar surface area (TPSA) is 344 Å². The molecule has 0 saturated heterocycles. The predicted molar refractivity (Wildman–Crippen MR) is 534 cm³/mol. The van der Waals surface area contributed by atoms with Crippen LogP contribution in [0.5, 0.6) is 0 Å². The quantitative estimate of drug-likeness (QED) is 0.0417. The number of alkyl halides is 5. The maximum atomic E-state index is 14.2. The van der Waals surface area contributed by atoms with Gasteiger partial charge in [0.25, 0.3) is 28.2 Å². The Balaban J connectivity index is 0.000000119. The van der Waals surface area contributed by atoms with Crippen molar-refractivity contribution in [2.24, 2.45) is 28.2 Å². The van der Waals surface area contributed by atoms with Crippen molar-refractivity contribution >= 4 is 82.7 Å². The monoisotopic (exact) mass is 1880 g/mol. The smallest absolute Gasteiger partial charge is 0.368 e. The summed E-state index contributed by atoms with van der Waals surface area (Å²) in [6.07, 6.45) is 23.0. The average molecular weight is 1880 g/mol. The number of aromatic amines is 2. The SMILES string of the molecule is C[C@H](Cc1nc(N)ncc1C(C)(F)F)c1cc2cccc(-c3cnn(C)c3)c2c(=O)n1C1CC1.Cc1c[nH]c2ncnc(N[C@@H](C)c3cc4cccc(-c5cnn(C)c5)c4c(=O)n3-c3ccccc3)c12.Cc1c[nH]c2ncnc(N[C@@H](C)c3cc4cccc(-c5cnn(C)c5)c4c(=O)n3C3CC3)c12.Cc1ncc(C(F)(F)F)c(C[C@@H](C)c2cc3cccc(-c4cnn(C)c4)c3c(=O)n2-c2ccccc2)n1. The van der Waals surface area contributed by atoms with Crippen LogP contribution in [0.2, 0.25) is 0 Å². The molecule has 34 heteroatoms. The molecule has 708 valence electrons. The van der Waals surface area contributed by atoms with Gasteiger partial charge in [-0.15, -0.1) is 0 Å². The Labute approximate surface area is 798 Å². The highest BCUT2D eigenvalue weighted by molar-refractivity contribution is 6.00. The third-order valence-electron chi connectivity index (χ3n) is 25.9. The summed E-state index contributed by atoms with van der Waals surface area (Å²) in [5, 5.41) is 32.0. The number of para-hydroxylation sites is 2. The lowest BCUT2D eigenvalue weighted by Crippen LogP contribution is -2.26. The van der Waals surface area contributed by atoms with E-state index < -0.39 is 23.6 Å². The van der Waals surface area contributed by atoms with Crippen LogP contribution in [0.1, 0.15) is 159 Å². The van der Waals surface area contributed by atoms with Crippen LogP contribution in [0.15, 0.2) is 264 Å². The minimum absolute atomic E-state index is 0.0156. The maximum absolute atomic E-state index is 14.2. The molecule has 2 fully saturated rings. The van der Waals surface area contributed by atoms with Gasteiger partial charge in [-0.25, -0.2) is 48.7 Å². The van der Waals surface area contributed by atoms with Crippen molar-refractivity contribution in [2.45, 2.75) is 142 Å². The summed E-state index contributed by atoms with van der Waals surface area (Å²) in [7, 11) is 7.41. The maximum Gasteiger partial charge on any atom is 0.419 e. The number of aryl methyl sites for hydroxylation is 7. The zero-order valence-corrected chi connectivity index (χ0v) is 78.8. The van der Waals surface area contributed by atoms with E-state index in [0.717, 1.165) is 179 Å². The first kappa shape index (κ1) is 92.5. The summed E-state index contributed by atoms with van der Waals surface area (Å²) in [4.78, 5) is 95.9. The number of rotatable bonds is 21. The molecule has 0 unspecified atom stereocenters. The van der Waals surface area contributed by atoms with Gasteiger partial charge in [-0.2, -0.15) is 33.6 Å². The summed E-state index contributed by atoms with van der Waals surface area (Å²) in [6, 6.07) is 50.3. The van der Waals surface area contributed by atoms with Gasteiger partial charge in [0.1, 0.15) is 41.4 Å². The van der Waals surface area contributed by atoms with Gasteiger partial charge in [0.05, 0.1) is 91.7 Å². The molecular formula is C106H100F5N25O4. The summed E-state index contributed by atoms with van der Waals surface area (Å²) in [5.74, 6) is -2.09. The summed E-state index contributed by atoms with van der Waals surface area (Å²) in [5.41, 5.74) is 19.6. The molecular weight excluding hydrogens is 1780 g/mol. The molecule has 2 aliphatic carbocycles. The minimum atomic E-state index is -4.58. The normalized spacial score (nSPS) is 13.7. The van der Waals surface area contributed by atoms with E-state index in [9.17, 15) is 41.1 Å². The molecule has 22 rings (SSSR count). The number of hydrogen-bond donors (Lipinski definition) is 5. The van der Waals surface area contributed by atoms with Crippen LogP contribution in [-0.2, 0) is 53.1 Å². The highest BCUT2D eigenvalue weighted by Gasteiger charge is 2.38. The Morgan fingerprint density at radius 1 is 0.414 bits per heavy atom. The van der Waals surface area contributed by atoms with Gasteiger partial charge in [-0.1, -0.05) is 123 Å². The molecule has 6 N–H and O–H groups in total. The highest BCUT2D eigenvalue weighted by Crippen LogP contribution is 2.44. The van der Waals surface area contributed by atoms with Crippen LogP contribution in [-0.4, -0.2) is 107 Å². The van der Waals surface area contributed by atoms with Crippen molar-refractivity contribution in [1.82, 2.24) is 107 Å². The third kappa shape index (κ3) is 18.4. The van der Waals surface area contributed by atoms with E-state index in [-0.39, 0.29) is 93.9 Å². The van der Waals surface area contributed by atoms with E-state index in [1.807, 2.05) is 254 Å². The van der Waals surface area contributed by atoms with Crippen LogP contribution in [0.25, 0.3) is 121 Å². The molecule has 29 nitrogen and oxygen atoms in total. The van der Waals surface area contributed by atoms with Gasteiger partial charge in [-0.05, 0) is 177 Å². The lowest BCUT2D eigenvalue weighted by atomic mass is 9.94. The Morgan fingerprint density at radius 3 is 1.18 bits per heavy atom. The van der Waals surface area contributed by atoms with E-state index in [4.69, 9.17) is 5.73 Å². The van der Waals surface area contributed by atoms with Crippen LogP contribution in [0.4, 0.5) is 39.5 Å². The molecule has 0 radical (unpaired) electrons. The number of nitrogens with two attached hydrogens (primary N) is 1. The van der Waals surface area contributed by atoms with Crippen LogP contribution in [0, 0.1) is 20.8 Å². The second kappa shape index (κ2) is 37.5. The molecule has 2 aliphatic rings. The standard InChI is InChI=1S/C28H24F3N5O.C28H25N7O.C25H26F2N6O.C25H25N7O/c1-17(12-24-23(28(29,30)31)15-32-18(2)34-24)25-13-19-8-7-11-22(20-14-33-35(3)16-20)26(19)27(37)36(25)21-9-5-4-6-10-21;1-17-13-29-26-24(17)27(31-16-30-26)33-18(2)23-12-19-8-7-11-22(20-14-32-34(3)15-20)25(19)28(36)35(23)21-9-5-4-6-10-21;1-14(9-20-19(25(2,26)27)12-29-24(28)31-20)21-10-15-5-4-6-18(16-11-30-32(3)13-16)22(15)23(34)33(21)17-7-8-17;1-14-10-26-23-21(14)24(28-13-27-23)30-15(2)20-9-16-5-4-6-19(17-11-29-31(3)12-17)22(16)25(33)32(20)18-7-8-18/h4-11,13-17H,12H2,1-3H3;4-16,18H,1-3H3,(H2,29,30,31,33);4-6,10-14,17H,7-9H2,1-3H3,(H2,28,29,31);4-6,9-13,15,18H,7-8H2,1-3H3,(H2,26,27,28,30)/t17-;18-;14-;15-/m1010/s1. The number of aromatic nitrogens is 22. The lowest BCUT2D eigenvalue weighted by molar-refractivity contribution is -0.138. The fraction of sp³-hybridized carbons (Fsp3) is 0.245. The predicted octanol–water partition coefficient (Wildman–Crippen LogP) is 20.1. The van der Waals surface area contributed by atoms with Gasteiger partial charge in [0, 0.05) is 165 Å². The van der Waals surface area contributed by atoms with E-state index in [1.165, 1.54) is 6.33 Å². The van der Waals surface area contributed by atoms with Gasteiger partial charge in [-0.3, -0.25) is 47.0 Å². The second-order valence-electron chi connectivity index (χ2n) is 36.3. The largest absolute Gasteiger partial charge is 0.419 e. The Morgan fingerprint density at radius 2 is 0.779 bits per heavy atom. The molecule has 14 heterocycles. The average Bonchev–Trinajstić information content (AvgIpc) is 1.73. The molecule has 0 bridgehead atoms. The Bertz CT molecular complexity index is 8400. The number of nitrogens with one attached hydrogen (secondary N) is 4. The number of nitrogens with zero attached hydrogens (tertiary/aromatic N) is 20. The molecule has 0 aliphatic heterocycles. The molecule has 0 amide bonds. The van der Waals surface area contributed by atoms with Crippen molar-refractivity contribution < 1.29 is 22.0 Å². The van der Waals surface area contributed by atoms with Crippen molar-refractivity contribution in [2.75, 3.05) is 16.4 Å². The molecule has 6 aromatic carbocycles. The van der Waals surface area contributed by atoms with Crippen molar-refractivity contribution in [3.05, 3.63) is 348 Å². The third-order valence-corrected chi connectivity index (χ3v) is 25.9.